The van der Waals surface area contributed by atoms with E-state index in [-0.39, 0.29) is 5.75 Å². The van der Waals surface area contributed by atoms with Gasteiger partial charge >= 0.3 is 6.61 Å². The highest BCUT2D eigenvalue weighted by Gasteiger charge is 2.36. The van der Waals surface area contributed by atoms with Gasteiger partial charge in [0, 0.05) is 25.2 Å². The minimum absolute atomic E-state index is 0.129. The van der Waals surface area contributed by atoms with E-state index < -0.39 is 6.61 Å². The molecular weight excluding hydrogens is 316 g/mol. The molecule has 24 heavy (non-hydrogen) atoms. The molecule has 2 atom stereocenters. The third kappa shape index (κ3) is 5.25. The van der Waals surface area contributed by atoms with E-state index in [9.17, 15) is 8.78 Å². The fourth-order valence-electron chi connectivity index (χ4n) is 2.70. The summed E-state index contributed by atoms with van der Waals surface area (Å²) in [5.41, 5.74) is 0.582. The molecule has 0 aromatic heterocycles. The number of guanidine groups is 1. The molecule has 1 aromatic carbocycles. The fourth-order valence-corrected chi connectivity index (χ4v) is 2.70. The monoisotopic (exact) mass is 341 g/mol. The van der Waals surface area contributed by atoms with Crippen molar-refractivity contribution in [3.05, 3.63) is 23.8 Å². The van der Waals surface area contributed by atoms with E-state index in [0.717, 1.165) is 6.42 Å². The van der Waals surface area contributed by atoms with Crippen molar-refractivity contribution < 1.29 is 18.3 Å². The predicted octanol–water partition coefficient (Wildman–Crippen LogP) is 3.15. The van der Waals surface area contributed by atoms with Crippen LogP contribution in [-0.2, 0) is 6.54 Å². The van der Waals surface area contributed by atoms with Gasteiger partial charge in [-0.25, -0.2) is 0 Å². The Balaban J connectivity index is 1.96. The number of alkyl halides is 2. The zero-order valence-corrected chi connectivity index (χ0v) is 14.3. The first-order valence-corrected chi connectivity index (χ1v) is 8.16. The van der Waals surface area contributed by atoms with Crippen molar-refractivity contribution in [2.75, 3.05) is 14.2 Å². The summed E-state index contributed by atoms with van der Waals surface area (Å²) < 4.78 is 34.8. The number of halogens is 2. The molecule has 0 radical (unpaired) electrons. The van der Waals surface area contributed by atoms with Crippen molar-refractivity contribution >= 4 is 5.96 Å². The van der Waals surface area contributed by atoms with E-state index >= 15 is 0 Å². The Hall–Kier alpha value is -2.05. The van der Waals surface area contributed by atoms with Crippen LogP contribution in [0.2, 0.25) is 0 Å². The summed E-state index contributed by atoms with van der Waals surface area (Å²) >= 11 is 0. The molecule has 2 N–H and O–H groups in total. The zero-order chi connectivity index (χ0) is 17.5. The van der Waals surface area contributed by atoms with E-state index in [4.69, 9.17) is 4.74 Å². The third-order valence-electron chi connectivity index (χ3n) is 4.06. The molecular formula is C17H25F2N3O2. The van der Waals surface area contributed by atoms with Gasteiger partial charge in [0.25, 0.3) is 0 Å². The van der Waals surface area contributed by atoms with Crippen molar-refractivity contribution in [1.29, 1.82) is 0 Å². The highest BCUT2D eigenvalue weighted by atomic mass is 19.3. The third-order valence-corrected chi connectivity index (χ3v) is 4.06. The van der Waals surface area contributed by atoms with Gasteiger partial charge in [0.15, 0.2) is 5.96 Å². The van der Waals surface area contributed by atoms with E-state index in [2.05, 4.69) is 27.3 Å². The maximum Gasteiger partial charge on any atom is 0.387 e. The number of hydrogen-bond acceptors (Lipinski definition) is 3. The SMILES string of the molecule is CCCC1CC1NC(=NC)NCc1cc(OC)ccc1OC(F)F. The summed E-state index contributed by atoms with van der Waals surface area (Å²) in [6.07, 6.45) is 3.53. The number of ether oxygens (including phenoxy) is 2. The Kier molecular flexibility index (Phi) is 6.63. The number of rotatable bonds is 8. The van der Waals surface area contributed by atoms with Crippen LogP contribution in [0.3, 0.4) is 0 Å². The Morgan fingerprint density at radius 1 is 1.42 bits per heavy atom. The van der Waals surface area contributed by atoms with Crippen LogP contribution >= 0.6 is 0 Å². The van der Waals surface area contributed by atoms with Crippen LogP contribution < -0.4 is 20.1 Å². The maximum absolute atomic E-state index is 12.5. The summed E-state index contributed by atoms with van der Waals surface area (Å²) in [6.45, 7) is -0.379. The topological polar surface area (TPSA) is 54.9 Å². The molecule has 0 amide bonds. The highest BCUT2D eigenvalue weighted by molar-refractivity contribution is 5.80. The van der Waals surface area contributed by atoms with Gasteiger partial charge in [-0.15, -0.1) is 0 Å². The number of nitrogens with zero attached hydrogens (tertiary/aromatic N) is 1. The quantitative estimate of drug-likeness (QED) is 0.563. The molecule has 7 heteroatoms. The van der Waals surface area contributed by atoms with Gasteiger partial charge in [-0.3, -0.25) is 4.99 Å². The molecule has 1 aliphatic carbocycles. The lowest BCUT2D eigenvalue weighted by atomic mass is 10.2. The highest BCUT2D eigenvalue weighted by Crippen LogP contribution is 2.34. The van der Waals surface area contributed by atoms with Crippen molar-refractivity contribution in [1.82, 2.24) is 10.6 Å². The second kappa shape index (κ2) is 8.70. The van der Waals surface area contributed by atoms with Gasteiger partial charge in [-0.1, -0.05) is 13.3 Å². The lowest BCUT2D eigenvalue weighted by Gasteiger charge is -2.15. The number of hydrogen-bond donors (Lipinski definition) is 2. The molecule has 134 valence electrons. The van der Waals surface area contributed by atoms with Crippen molar-refractivity contribution in [2.45, 2.75) is 45.4 Å². The lowest BCUT2D eigenvalue weighted by molar-refractivity contribution is -0.0504. The Bertz CT molecular complexity index is 567. The smallest absolute Gasteiger partial charge is 0.387 e. The zero-order valence-electron chi connectivity index (χ0n) is 14.3. The summed E-state index contributed by atoms with van der Waals surface area (Å²) in [5, 5.41) is 6.50. The molecule has 1 saturated carbocycles. The van der Waals surface area contributed by atoms with E-state index in [0.29, 0.717) is 35.8 Å². The fraction of sp³-hybridized carbons (Fsp3) is 0.588. The number of aliphatic imine (C=N–C) groups is 1. The number of benzene rings is 1. The van der Waals surface area contributed by atoms with Crippen LogP contribution in [-0.4, -0.2) is 32.8 Å². The summed E-state index contributed by atoms with van der Waals surface area (Å²) in [7, 11) is 3.22. The van der Waals surface area contributed by atoms with Gasteiger partial charge < -0.3 is 20.1 Å². The van der Waals surface area contributed by atoms with Crippen LogP contribution in [0, 0.1) is 5.92 Å². The largest absolute Gasteiger partial charge is 0.497 e. The first kappa shape index (κ1) is 18.3. The van der Waals surface area contributed by atoms with Crippen LogP contribution in [0.4, 0.5) is 8.78 Å². The molecule has 2 unspecified atom stereocenters. The molecule has 1 aliphatic rings. The predicted molar refractivity (Wildman–Crippen MR) is 89.8 cm³/mol. The molecule has 0 saturated heterocycles. The van der Waals surface area contributed by atoms with E-state index in [1.807, 2.05) is 0 Å². The molecule has 5 nitrogen and oxygen atoms in total. The van der Waals surface area contributed by atoms with E-state index in [1.165, 1.54) is 26.0 Å². The molecule has 0 bridgehead atoms. The normalized spacial score (nSPS) is 20.0. The van der Waals surface area contributed by atoms with Gasteiger partial charge in [-0.05, 0) is 37.0 Å². The first-order chi connectivity index (χ1) is 11.6. The maximum atomic E-state index is 12.5. The van der Waals surface area contributed by atoms with Gasteiger partial charge in [-0.2, -0.15) is 8.78 Å². The molecule has 1 fully saturated rings. The molecule has 0 spiro atoms. The molecule has 0 heterocycles. The van der Waals surface area contributed by atoms with Crippen molar-refractivity contribution in [2.24, 2.45) is 10.9 Å². The standard InChI is InChI=1S/C17H25F2N3O2/c1-4-5-11-9-14(11)22-17(20-2)21-10-12-8-13(23-3)6-7-15(12)24-16(18)19/h6-8,11,14,16H,4-5,9-10H2,1-3H3,(H2,20,21,22). The van der Waals surface area contributed by atoms with E-state index in [1.54, 1.807) is 19.2 Å². The number of nitrogens with one attached hydrogen (secondary N) is 2. The van der Waals surface area contributed by atoms with Gasteiger partial charge in [0.1, 0.15) is 11.5 Å². The minimum Gasteiger partial charge on any atom is -0.497 e. The average Bonchev–Trinajstić information content (AvgIpc) is 3.30. The van der Waals surface area contributed by atoms with Crippen LogP contribution in [0.15, 0.2) is 23.2 Å². The Morgan fingerprint density at radius 2 is 2.21 bits per heavy atom. The number of methoxy groups -OCH3 is 1. The molecule has 0 aliphatic heterocycles. The summed E-state index contributed by atoms with van der Waals surface area (Å²) in [4.78, 5) is 4.19. The Labute approximate surface area is 141 Å². The summed E-state index contributed by atoms with van der Waals surface area (Å²) in [6, 6.07) is 5.19. The van der Waals surface area contributed by atoms with Crippen molar-refractivity contribution in [3.8, 4) is 11.5 Å². The lowest BCUT2D eigenvalue weighted by Crippen LogP contribution is -2.38. The average molecular weight is 341 g/mol. The summed E-state index contributed by atoms with van der Waals surface area (Å²) in [5.74, 6) is 2.07. The van der Waals surface area contributed by atoms with Crippen molar-refractivity contribution in [3.63, 3.8) is 0 Å². The first-order valence-electron chi connectivity index (χ1n) is 8.16. The minimum atomic E-state index is -2.86. The molecule has 2 rings (SSSR count). The second-order valence-corrected chi connectivity index (χ2v) is 5.81. The van der Waals surface area contributed by atoms with Gasteiger partial charge in [0.05, 0.1) is 7.11 Å². The van der Waals surface area contributed by atoms with Gasteiger partial charge in [0.2, 0.25) is 0 Å². The van der Waals surface area contributed by atoms with Crippen LogP contribution in [0.25, 0.3) is 0 Å². The van der Waals surface area contributed by atoms with Crippen LogP contribution in [0.1, 0.15) is 31.7 Å². The Morgan fingerprint density at radius 3 is 2.83 bits per heavy atom. The van der Waals surface area contributed by atoms with Crippen LogP contribution in [0.5, 0.6) is 11.5 Å². The molecule has 1 aromatic rings. The second-order valence-electron chi connectivity index (χ2n) is 5.81.